The zero-order valence-electron chi connectivity index (χ0n) is 12.1. The van der Waals surface area contributed by atoms with Crippen molar-refractivity contribution in [2.24, 2.45) is 0 Å². The smallest absolute Gasteiger partial charge is 0.237 e. The summed E-state index contributed by atoms with van der Waals surface area (Å²) in [6, 6.07) is 7.72. The Balaban J connectivity index is 2.49. The number of hydrogen-bond acceptors (Lipinski definition) is 2. The van der Waals surface area contributed by atoms with Crippen LogP contribution in [0.3, 0.4) is 0 Å². The summed E-state index contributed by atoms with van der Waals surface area (Å²) in [5.74, 6) is -0.0500. The summed E-state index contributed by atoms with van der Waals surface area (Å²) in [6.45, 7) is 6.03. The van der Waals surface area contributed by atoms with Crippen LogP contribution >= 0.6 is 11.6 Å². The van der Waals surface area contributed by atoms with E-state index in [-0.39, 0.29) is 24.8 Å². The fourth-order valence-corrected chi connectivity index (χ4v) is 1.84. The number of amides is 2. The second-order valence-electron chi connectivity index (χ2n) is 4.95. The lowest BCUT2D eigenvalue weighted by Gasteiger charge is -2.13. The van der Waals surface area contributed by atoms with Gasteiger partial charge in [-0.05, 0) is 24.5 Å². The highest BCUT2D eigenvalue weighted by Gasteiger charge is 2.11. The predicted molar refractivity (Wildman–Crippen MR) is 82.1 cm³/mol. The highest BCUT2D eigenvalue weighted by molar-refractivity contribution is 6.30. The molecule has 110 valence electrons. The van der Waals surface area contributed by atoms with E-state index < -0.39 is 5.38 Å². The van der Waals surface area contributed by atoms with Gasteiger partial charge in [-0.25, -0.2) is 0 Å². The summed E-state index contributed by atoms with van der Waals surface area (Å²) < 4.78 is 0. The van der Waals surface area contributed by atoms with Gasteiger partial charge in [-0.2, -0.15) is 0 Å². The number of anilines is 1. The molecule has 0 fully saturated rings. The van der Waals surface area contributed by atoms with Gasteiger partial charge in [0.2, 0.25) is 11.8 Å². The lowest BCUT2D eigenvalue weighted by Crippen LogP contribution is -2.32. The molecule has 0 spiro atoms. The van der Waals surface area contributed by atoms with Crippen molar-refractivity contribution in [3.63, 3.8) is 0 Å². The minimum atomic E-state index is -0.584. The molecule has 0 saturated carbocycles. The molecule has 0 aliphatic carbocycles. The quantitative estimate of drug-likeness (QED) is 0.793. The normalized spacial score (nSPS) is 12.1. The summed E-state index contributed by atoms with van der Waals surface area (Å²) in [5.41, 5.74) is 1.92. The molecule has 0 radical (unpaired) electrons. The molecule has 20 heavy (non-hydrogen) atoms. The van der Waals surface area contributed by atoms with E-state index in [4.69, 9.17) is 11.6 Å². The zero-order chi connectivity index (χ0) is 15.1. The fourth-order valence-electron chi connectivity index (χ4n) is 1.77. The van der Waals surface area contributed by atoms with Crippen LogP contribution in [0.25, 0.3) is 0 Å². The lowest BCUT2D eigenvalue weighted by atomic mass is 10.0. The number of nitrogens with one attached hydrogen (secondary N) is 2. The number of rotatable bonds is 6. The van der Waals surface area contributed by atoms with Gasteiger partial charge < -0.3 is 10.6 Å². The van der Waals surface area contributed by atoms with E-state index in [1.807, 2.05) is 24.3 Å². The summed E-state index contributed by atoms with van der Waals surface area (Å²) >= 11 is 5.62. The van der Waals surface area contributed by atoms with Crippen molar-refractivity contribution in [1.82, 2.24) is 5.32 Å². The van der Waals surface area contributed by atoms with Crippen LogP contribution in [-0.4, -0.2) is 23.7 Å². The maximum Gasteiger partial charge on any atom is 0.237 e. The Hall–Kier alpha value is -1.55. The number of carbonyl (C=O) groups excluding carboxylic acids is 2. The van der Waals surface area contributed by atoms with Crippen LogP contribution in [0.4, 0.5) is 5.69 Å². The molecule has 2 amide bonds. The van der Waals surface area contributed by atoms with Crippen LogP contribution in [0, 0.1) is 0 Å². The van der Waals surface area contributed by atoms with E-state index in [2.05, 4.69) is 24.5 Å². The molecule has 4 nitrogen and oxygen atoms in total. The molecular weight excluding hydrogens is 276 g/mol. The predicted octanol–water partition coefficient (Wildman–Crippen LogP) is 2.88. The number of para-hydroxylation sites is 1. The molecule has 0 aliphatic heterocycles. The topological polar surface area (TPSA) is 58.2 Å². The van der Waals surface area contributed by atoms with Crippen LogP contribution in [0.2, 0.25) is 0 Å². The Morgan fingerprint density at radius 1 is 1.20 bits per heavy atom. The highest BCUT2D eigenvalue weighted by atomic mass is 35.5. The first kappa shape index (κ1) is 16.5. The van der Waals surface area contributed by atoms with Gasteiger partial charge in [-0.1, -0.05) is 32.0 Å². The van der Waals surface area contributed by atoms with Crippen molar-refractivity contribution in [2.75, 3.05) is 11.9 Å². The SMILES string of the molecule is CC(C)c1ccccc1NC(=O)CCNC(=O)[C@H](C)Cl. The maximum absolute atomic E-state index is 11.8. The number of hydrogen-bond donors (Lipinski definition) is 2. The van der Waals surface area contributed by atoms with Crippen molar-refractivity contribution in [2.45, 2.75) is 38.5 Å². The molecule has 0 unspecified atom stereocenters. The summed E-state index contributed by atoms with van der Waals surface area (Å²) in [4.78, 5) is 23.1. The molecule has 1 atom stereocenters. The van der Waals surface area contributed by atoms with E-state index >= 15 is 0 Å². The molecule has 5 heteroatoms. The number of benzene rings is 1. The highest BCUT2D eigenvalue weighted by Crippen LogP contribution is 2.23. The molecule has 0 saturated heterocycles. The average Bonchev–Trinajstić information content (AvgIpc) is 2.38. The van der Waals surface area contributed by atoms with Gasteiger partial charge in [0.1, 0.15) is 5.38 Å². The van der Waals surface area contributed by atoms with E-state index in [9.17, 15) is 9.59 Å². The number of carbonyl (C=O) groups is 2. The second kappa shape index (κ2) is 7.90. The standard InChI is InChI=1S/C15H21ClN2O2/c1-10(2)12-6-4-5-7-13(12)18-14(19)8-9-17-15(20)11(3)16/h4-7,10-11H,8-9H2,1-3H3,(H,17,20)(H,18,19)/t11-/m0/s1. The summed E-state index contributed by atoms with van der Waals surface area (Å²) in [7, 11) is 0. The Labute approximate surface area is 124 Å². The summed E-state index contributed by atoms with van der Waals surface area (Å²) in [5, 5.41) is 4.89. The van der Waals surface area contributed by atoms with Gasteiger partial charge in [-0.15, -0.1) is 11.6 Å². The van der Waals surface area contributed by atoms with E-state index in [1.54, 1.807) is 6.92 Å². The number of halogens is 1. The van der Waals surface area contributed by atoms with Gasteiger partial charge in [0.05, 0.1) is 0 Å². The monoisotopic (exact) mass is 296 g/mol. The van der Waals surface area contributed by atoms with Crippen LogP contribution in [0.15, 0.2) is 24.3 Å². The molecular formula is C15H21ClN2O2. The first-order chi connectivity index (χ1) is 9.41. The molecule has 0 aliphatic rings. The van der Waals surface area contributed by atoms with Gasteiger partial charge in [0.15, 0.2) is 0 Å². The Morgan fingerprint density at radius 3 is 2.45 bits per heavy atom. The second-order valence-corrected chi connectivity index (χ2v) is 5.60. The van der Waals surface area contributed by atoms with Crippen molar-refractivity contribution in [3.05, 3.63) is 29.8 Å². The maximum atomic E-state index is 11.8. The third kappa shape index (κ3) is 5.21. The zero-order valence-corrected chi connectivity index (χ0v) is 12.8. The van der Waals surface area contributed by atoms with Gasteiger partial charge in [0.25, 0.3) is 0 Å². The lowest BCUT2D eigenvalue weighted by molar-refractivity contribution is -0.120. The molecule has 1 aromatic rings. The Kier molecular flexibility index (Phi) is 6.52. The van der Waals surface area contributed by atoms with Crippen molar-refractivity contribution >= 4 is 29.1 Å². The minimum Gasteiger partial charge on any atom is -0.354 e. The average molecular weight is 297 g/mol. The van der Waals surface area contributed by atoms with Gasteiger partial charge >= 0.3 is 0 Å². The molecule has 1 aromatic carbocycles. The Morgan fingerprint density at radius 2 is 1.85 bits per heavy atom. The van der Waals surface area contributed by atoms with Crippen LogP contribution < -0.4 is 10.6 Å². The third-order valence-electron chi connectivity index (χ3n) is 2.87. The molecule has 2 N–H and O–H groups in total. The first-order valence-electron chi connectivity index (χ1n) is 6.72. The molecule has 0 heterocycles. The third-order valence-corrected chi connectivity index (χ3v) is 3.07. The Bertz CT molecular complexity index is 473. The number of alkyl halides is 1. The van der Waals surface area contributed by atoms with E-state index in [0.29, 0.717) is 5.92 Å². The van der Waals surface area contributed by atoms with Crippen LogP contribution in [0.5, 0.6) is 0 Å². The fraction of sp³-hybridized carbons (Fsp3) is 0.467. The summed E-state index contributed by atoms with van der Waals surface area (Å²) in [6.07, 6.45) is 0.224. The van der Waals surface area contributed by atoms with Crippen LogP contribution in [-0.2, 0) is 9.59 Å². The minimum absolute atomic E-state index is 0.124. The molecule has 0 aromatic heterocycles. The van der Waals surface area contributed by atoms with Crippen molar-refractivity contribution < 1.29 is 9.59 Å². The van der Waals surface area contributed by atoms with Gasteiger partial charge in [-0.3, -0.25) is 9.59 Å². The molecule has 1 rings (SSSR count). The first-order valence-corrected chi connectivity index (χ1v) is 7.16. The van der Waals surface area contributed by atoms with Crippen molar-refractivity contribution in [1.29, 1.82) is 0 Å². The van der Waals surface area contributed by atoms with E-state index in [1.165, 1.54) is 0 Å². The van der Waals surface area contributed by atoms with Gasteiger partial charge in [0, 0.05) is 18.7 Å². The largest absolute Gasteiger partial charge is 0.354 e. The van der Waals surface area contributed by atoms with Crippen molar-refractivity contribution in [3.8, 4) is 0 Å². The van der Waals surface area contributed by atoms with Crippen LogP contribution in [0.1, 0.15) is 38.7 Å². The molecule has 0 bridgehead atoms. The van der Waals surface area contributed by atoms with E-state index in [0.717, 1.165) is 11.3 Å².